The number of amides is 1. The molecular weight excluding hydrogens is 516 g/mol. The average Bonchev–Trinajstić information content (AvgIpc) is 2.88. The van der Waals surface area contributed by atoms with E-state index < -0.39 is 20.9 Å². The van der Waals surface area contributed by atoms with E-state index in [2.05, 4.69) is 15.5 Å². The summed E-state index contributed by atoms with van der Waals surface area (Å²) in [6.45, 7) is 3.58. The minimum Gasteiger partial charge on any atom is -0.369 e. The van der Waals surface area contributed by atoms with Crippen molar-refractivity contribution in [3.05, 3.63) is 58.1 Å². The van der Waals surface area contributed by atoms with Crippen molar-refractivity contribution in [3.8, 4) is 0 Å². The Morgan fingerprint density at radius 2 is 1.59 bits per heavy atom. The first-order chi connectivity index (χ1) is 17.6. The van der Waals surface area contributed by atoms with Gasteiger partial charge in [-0.05, 0) is 67.9 Å². The van der Waals surface area contributed by atoms with Crippen molar-refractivity contribution in [2.45, 2.75) is 19.3 Å². The predicted molar refractivity (Wildman–Crippen MR) is 148 cm³/mol. The third kappa shape index (κ3) is 6.73. The Balaban J connectivity index is 1.34. The van der Waals surface area contributed by atoms with Crippen LogP contribution in [0, 0.1) is 10.1 Å². The summed E-state index contributed by atoms with van der Waals surface area (Å²) in [6, 6.07) is 11.9. The number of nitro benzene ring substituents is 1. The van der Waals surface area contributed by atoms with Gasteiger partial charge in [0.2, 0.25) is 10.0 Å². The molecule has 37 heavy (non-hydrogen) atoms. The zero-order chi connectivity index (χ0) is 26.6. The summed E-state index contributed by atoms with van der Waals surface area (Å²) in [6.07, 6.45) is 4.30. The fourth-order valence-electron chi connectivity index (χ4n) is 4.58. The maximum absolute atomic E-state index is 12.7. The first kappa shape index (κ1) is 26.8. The number of nitro groups is 1. The summed E-state index contributed by atoms with van der Waals surface area (Å²) in [5.74, 6) is -0.536. The van der Waals surface area contributed by atoms with Gasteiger partial charge in [0.25, 0.3) is 11.6 Å². The monoisotopic (exact) mass is 546 g/mol. The van der Waals surface area contributed by atoms with Crippen LogP contribution >= 0.6 is 12.2 Å². The van der Waals surface area contributed by atoms with Crippen molar-refractivity contribution in [3.63, 3.8) is 0 Å². The maximum atomic E-state index is 12.7. The van der Waals surface area contributed by atoms with Gasteiger partial charge >= 0.3 is 0 Å². The molecule has 13 heteroatoms. The molecule has 0 unspecified atom stereocenters. The predicted octanol–water partition coefficient (Wildman–Crippen LogP) is 2.79. The number of hydrogen-bond acceptors (Lipinski definition) is 8. The second-order valence-electron chi connectivity index (χ2n) is 9.11. The molecule has 0 saturated carbocycles. The van der Waals surface area contributed by atoms with E-state index in [-0.39, 0.29) is 16.4 Å². The van der Waals surface area contributed by atoms with Gasteiger partial charge in [-0.3, -0.25) is 20.2 Å². The lowest BCUT2D eigenvalue weighted by Crippen LogP contribution is -2.48. The minimum absolute atomic E-state index is 0.0716. The molecular formula is C24H30N6O5S2. The maximum Gasteiger partial charge on any atom is 0.293 e. The van der Waals surface area contributed by atoms with Crippen LogP contribution in [0.2, 0.25) is 0 Å². The molecule has 0 bridgehead atoms. The second kappa shape index (κ2) is 11.4. The van der Waals surface area contributed by atoms with Gasteiger partial charge in [0.15, 0.2) is 5.11 Å². The fraction of sp³-hybridized carbons (Fsp3) is 0.417. The van der Waals surface area contributed by atoms with E-state index in [9.17, 15) is 23.3 Å². The number of sulfonamides is 1. The van der Waals surface area contributed by atoms with E-state index in [0.717, 1.165) is 38.0 Å². The molecule has 2 saturated heterocycles. The quantitative estimate of drug-likeness (QED) is 0.319. The Bertz CT molecular complexity index is 1270. The first-order valence-corrected chi connectivity index (χ1v) is 14.3. The standard InChI is InChI=1S/C24H30N6O5S2/c1-37(34,35)29-15-13-27(14-16-29)20-8-6-19(7-9-20)25-24(36)26-23(31)18-5-10-21(22(17-18)30(32)33)28-11-3-2-4-12-28/h5-10,17H,2-4,11-16H2,1H3,(H2,25,26,31,36). The Kier molecular flexibility index (Phi) is 8.25. The summed E-state index contributed by atoms with van der Waals surface area (Å²) < 4.78 is 24.9. The lowest BCUT2D eigenvalue weighted by molar-refractivity contribution is -0.384. The third-order valence-corrected chi connectivity index (χ3v) is 8.06. The zero-order valence-electron chi connectivity index (χ0n) is 20.6. The molecule has 2 aliphatic heterocycles. The van der Waals surface area contributed by atoms with Crippen molar-refractivity contribution in [2.75, 3.05) is 60.6 Å². The van der Waals surface area contributed by atoms with Crippen LogP contribution in [0.25, 0.3) is 0 Å². The normalized spacial score (nSPS) is 16.8. The number of anilines is 3. The van der Waals surface area contributed by atoms with Crippen LogP contribution in [0.5, 0.6) is 0 Å². The Morgan fingerprint density at radius 3 is 2.19 bits per heavy atom. The largest absolute Gasteiger partial charge is 0.369 e. The van der Waals surface area contributed by atoms with Crippen molar-refractivity contribution in [1.29, 1.82) is 0 Å². The van der Waals surface area contributed by atoms with E-state index in [1.54, 1.807) is 12.1 Å². The lowest BCUT2D eigenvalue weighted by Gasteiger charge is -2.34. The molecule has 198 valence electrons. The molecule has 2 aromatic rings. The summed E-state index contributed by atoms with van der Waals surface area (Å²) in [5, 5.41) is 17.3. The summed E-state index contributed by atoms with van der Waals surface area (Å²) >= 11 is 5.27. The van der Waals surface area contributed by atoms with Gasteiger partial charge in [-0.25, -0.2) is 8.42 Å². The Morgan fingerprint density at radius 1 is 0.946 bits per heavy atom. The van der Waals surface area contributed by atoms with Gasteiger partial charge < -0.3 is 15.1 Å². The molecule has 2 N–H and O–H groups in total. The van der Waals surface area contributed by atoms with Crippen LogP contribution < -0.4 is 20.4 Å². The molecule has 0 aromatic heterocycles. The van der Waals surface area contributed by atoms with Crippen LogP contribution in [-0.4, -0.2) is 74.2 Å². The SMILES string of the molecule is CS(=O)(=O)N1CCN(c2ccc(NC(=S)NC(=O)c3ccc(N4CCCCC4)c([N+](=O)[O-])c3)cc2)CC1. The van der Waals surface area contributed by atoms with Crippen LogP contribution in [0.15, 0.2) is 42.5 Å². The van der Waals surface area contributed by atoms with Crippen LogP contribution in [0.3, 0.4) is 0 Å². The molecule has 2 aromatic carbocycles. The Hall–Kier alpha value is -3.29. The molecule has 1 amide bonds. The van der Waals surface area contributed by atoms with Crippen molar-refractivity contribution in [2.24, 2.45) is 0 Å². The van der Waals surface area contributed by atoms with E-state index in [0.29, 0.717) is 37.6 Å². The summed E-state index contributed by atoms with van der Waals surface area (Å²) in [4.78, 5) is 28.1. The summed E-state index contributed by atoms with van der Waals surface area (Å²) in [5.41, 5.74) is 2.20. The highest BCUT2D eigenvalue weighted by atomic mass is 32.2. The number of rotatable bonds is 6. The minimum atomic E-state index is -3.18. The van der Waals surface area contributed by atoms with Gasteiger partial charge in [0, 0.05) is 62.3 Å². The second-order valence-corrected chi connectivity index (χ2v) is 11.5. The molecule has 0 spiro atoms. The van der Waals surface area contributed by atoms with Crippen molar-refractivity contribution in [1.82, 2.24) is 9.62 Å². The van der Waals surface area contributed by atoms with E-state index >= 15 is 0 Å². The van der Waals surface area contributed by atoms with Gasteiger partial charge in [0.1, 0.15) is 5.69 Å². The zero-order valence-corrected chi connectivity index (χ0v) is 22.2. The highest BCUT2D eigenvalue weighted by Gasteiger charge is 2.24. The molecule has 2 heterocycles. The Labute approximate surface area is 221 Å². The molecule has 2 fully saturated rings. The molecule has 0 aliphatic carbocycles. The molecule has 0 atom stereocenters. The smallest absolute Gasteiger partial charge is 0.293 e. The topological polar surface area (TPSA) is 128 Å². The highest BCUT2D eigenvalue weighted by Crippen LogP contribution is 2.31. The van der Waals surface area contributed by atoms with Gasteiger partial charge in [-0.1, -0.05) is 0 Å². The van der Waals surface area contributed by atoms with E-state index in [1.807, 2.05) is 29.2 Å². The van der Waals surface area contributed by atoms with Crippen molar-refractivity contribution >= 4 is 56.0 Å². The number of carbonyl (C=O) groups is 1. The number of piperidine rings is 1. The van der Waals surface area contributed by atoms with E-state index in [4.69, 9.17) is 12.2 Å². The number of benzene rings is 2. The fourth-order valence-corrected chi connectivity index (χ4v) is 5.62. The number of thiocarbonyl (C=S) groups is 1. The number of hydrogen-bond donors (Lipinski definition) is 2. The van der Waals surface area contributed by atoms with Crippen LogP contribution in [0.1, 0.15) is 29.6 Å². The van der Waals surface area contributed by atoms with Gasteiger partial charge in [-0.2, -0.15) is 4.31 Å². The van der Waals surface area contributed by atoms with Crippen LogP contribution in [0.4, 0.5) is 22.7 Å². The molecule has 11 nitrogen and oxygen atoms in total. The average molecular weight is 547 g/mol. The number of piperazine rings is 1. The van der Waals surface area contributed by atoms with E-state index in [1.165, 1.54) is 16.6 Å². The molecule has 2 aliphatic rings. The van der Waals surface area contributed by atoms with Gasteiger partial charge in [0.05, 0.1) is 11.2 Å². The lowest BCUT2D eigenvalue weighted by atomic mass is 10.1. The van der Waals surface area contributed by atoms with Crippen LogP contribution in [-0.2, 0) is 10.0 Å². The number of carbonyl (C=O) groups excluding carboxylic acids is 1. The molecule has 4 rings (SSSR count). The molecule has 0 radical (unpaired) electrons. The first-order valence-electron chi connectivity index (χ1n) is 12.1. The number of nitrogens with one attached hydrogen (secondary N) is 2. The third-order valence-electron chi connectivity index (χ3n) is 6.56. The van der Waals surface area contributed by atoms with Gasteiger partial charge in [-0.15, -0.1) is 0 Å². The number of nitrogens with zero attached hydrogens (tertiary/aromatic N) is 4. The summed E-state index contributed by atoms with van der Waals surface area (Å²) in [7, 11) is -3.18. The van der Waals surface area contributed by atoms with Crippen molar-refractivity contribution < 1.29 is 18.1 Å². The highest BCUT2D eigenvalue weighted by molar-refractivity contribution is 7.88.